The van der Waals surface area contributed by atoms with Gasteiger partial charge in [0, 0.05) is 16.7 Å². The van der Waals surface area contributed by atoms with Crippen LogP contribution in [-0.4, -0.2) is 16.7 Å². The molecular weight excluding hydrogens is 347 g/mol. The van der Waals surface area contributed by atoms with Gasteiger partial charge in [0.05, 0.1) is 29.2 Å². The van der Waals surface area contributed by atoms with E-state index in [1.165, 1.54) is 0 Å². The van der Waals surface area contributed by atoms with Crippen molar-refractivity contribution >= 4 is 34.7 Å². The van der Waals surface area contributed by atoms with E-state index in [1.54, 1.807) is 35.9 Å². The average Bonchev–Trinajstić information content (AvgIpc) is 2.85. The fourth-order valence-electron chi connectivity index (χ4n) is 2.50. The molecule has 24 heavy (non-hydrogen) atoms. The lowest BCUT2D eigenvalue weighted by atomic mass is 10.2. The molecule has 0 aliphatic carbocycles. The molecule has 0 radical (unpaired) electrons. The van der Waals surface area contributed by atoms with Crippen LogP contribution in [0, 0.1) is 6.92 Å². The van der Waals surface area contributed by atoms with Crippen LogP contribution in [0.2, 0.25) is 10.0 Å². The van der Waals surface area contributed by atoms with Gasteiger partial charge in [-0.3, -0.25) is 4.57 Å². The number of rotatable bonds is 3. The third-order valence-electron chi connectivity index (χ3n) is 3.74. The lowest BCUT2D eigenvalue weighted by Crippen LogP contribution is -2.06. The van der Waals surface area contributed by atoms with Gasteiger partial charge in [-0.05, 0) is 37.3 Å². The largest absolute Gasteiger partial charge is 0.497 e. The van der Waals surface area contributed by atoms with Crippen molar-refractivity contribution in [3.05, 3.63) is 52.1 Å². The Balaban J connectivity index is 2.28. The van der Waals surface area contributed by atoms with Crippen molar-refractivity contribution in [2.24, 2.45) is 0 Å². The average molecular weight is 363 g/mol. The highest BCUT2D eigenvalue weighted by Gasteiger charge is 2.19. The summed E-state index contributed by atoms with van der Waals surface area (Å²) in [5.41, 5.74) is 15.0. The summed E-state index contributed by atoms with van der Waals surface area (Å²) in [7, 11) is 1.58. The molecule has 3 rings (SSSR count). The number of nitrogens with zero attached hydrogens (tertiary/aromatic N) is 2. The summed E-state index contributed by atoms with van der Waals surface area (Å²) in [6.45, 7) is 1.83. The fourth-order valence-corrected chi connectivity index (χ4v) is 2.87. The predicted octanol–water partition coefficient (Wildman–Crippen LogP) is 4.33. The minimum Gasteiger partial charge on any atom is -0.497 e. The molecule has 0 fully saturated rings. The van der Waals surface area contributed by atoms with Crippen molar-refractivity contribution < 1.29 is 4.74 Å². The Kier molecular flexibility index (Phi) is 4.30. The van der Waals surface area contributed by atoms with Gasteiger partial charge < -0.3 is 16.2 Å². The van der Waals surface area contributed by atoms with Crippen molar-refractivity contribution in [2.45, 2.75) is 6.92 Å². The van der Waals surface area contributed by atoms with Gasteiger partial charge in [-0.1, -0.05) is 23.2 Å². The summed E-state index contributed by atoms with van der Waals surface area (Å²) in [6.07, 6.45) is 0. The van der Waals surface area contributed by atoms with Crippen LogP contribution in [0.1, 0.15) is 5.69 Å². The zero-order valence-electron chi connectivity index (χ0n) is 13.2. The molecule has 7 heteroatoms. The number of methoxy groups -OCH3 is 1. The highest BCUT2D eigenvalue weighted by molar-refractivity contribution is 6.35. The standard InChI is InChI=1S/C17H16Cl2N4O/c1-9-16(21)23(15-6-4-11(24-2)8-14(15)20)17(22-9)12-7-10(18)3-5-13(12)19/h3-8H,20-21H2,1-2H3. The Morgan fingerprint density at radius 2 is 1.83 bits per heavy atom. The highest BCUT2D eigenvalue weighted by atomic mass is 35.5. The van der Waals surface area contributed by atoms with Crippen LogP contribution in [-0.2, 0) is 0 Å². The SMILES string of the molecule is COc1ccc(-n2c(-c3cc(Cl)ccc3Cl)nc(C)c2N)c(N)c1. The summed E-state index contributed by atoms with van der Waals surface area (Å²) in [5, 5.41) is 1.08. The third kappa shape index (κ3) is 2.77. The normalized spacial score (nSPS) is 10.8. The van der Waals surface area contributed by atoms with E-state index in [0.29, 0.717) is 50.1 Å². The third-order valence-corrected chi connectivity index (χ3v) is 4.31. The minimum atomic E-state index is 0.484. The zero-order chi connectivity index (χ0) is 17.4. The molecule has 0 bridgehead atoms. The molecule has 0 spiro atoms. The van der Waals surface area contributed by atoms with Gasteiger partial charge in [0.2, 0.25) is 0 Å². The van der Waals surface area contributed by atoms with E-state index in [1.807, 2.05) is 19.1 Å². The maximum atomic E-state index is 6.34. The van der Waals surface area contributed by atoms with E-state index in [9.17, 15) is 0 Å². The van der Waals surface area contributed by atoms with Crippen molar-refractivity contribution in [3.63, 3.8) is 0 Å². The van der Waals surface area contributed by atoms with Crippen molar-refractivity contribution in [3.8, 4) is 22.8 Å². The molecule has 0 amide bonds. The van der Waals surface area contributed by atoms with Crippen LogP contribution in [0.5, 0.6) is 5.75 Å². The van der Waals surface area contributed by atoms with E-state index in [2.05, 4.69) is 4.98 Å². The molecule has 0 saturated carbocycles. The highest BCUT2D eigenvalue weighted by Crippen LogP contribution is 2.36. The molecular formula is C17H16Cl2N4O. The number of ether oxygens (including phenoxy) is 1. The van der Waals surface area contributed by atoms with Gasteiger partial charge in [0.25, 0.3) is 0 Å². The van der Waals surface area contributed by atoms with Gasteiger partial charge in [-0.2, -0.15) is 0 Å². The second kappa shape index (κ2) is 6.26. The second-order valence-electron chi connectivity index (χ2n) is 5.29. The van der Waals surface area contributed by atoms with E-state index in [4.69, 9.17) is 39.4 Å². The number of anilines is 2. The van der Waals surface area contributed by atoms with Gasteiger partial charge in [-0.25, -0.2) is 4.98 Å². The number of aryl methyl sites for hydroxylation is 1. The Labute approximate surface area is 149 Å². The van der Waals surface area contributed by atoms with Crippen LogP contribution in [0.25, 0.3) is 17.1 Å². The first-order valence-electron chi connectivity index (χ1n) is 7.16. The van der Waals surface area contributed by atoms with Crippen molar-refractivity contribution in [1.82, 2.24) is 9.55 Å². The summed E-state index contributed by atoms with van der Waals surface area (Å²) in [4.78, 5) is 4.55. The van der Waals surface area contributed by atoms with E-state index < -0.39 is 0 Å². The number of hydrogen-bond acceptors (Lipinski definition) is 4. The van der Waals surface area contributed by atoms with Crippen molar-refractivity contribution in [1.29, 1.82) is 0 Å². The summed E-state index contributed by atoms with van der Waals surface area (Å²) < 4.78 is 6.96. The molecule has 124 valence electrons. The molecule has 0 aliphatic rings. The lowest BCUT2D eigenvalue weighted by Gasteiger charge is -2.14. The molecule has 0 aliphatic heterocycles. The Morgan fingerprint density at radius 1 is 1.08 bits per heavy atom. The summed E-state index contributed by atoms with van der Waals surface area (Å²) in [6, 6.07) is 10.6. The van der Waals surface area contributed by atoms with Gasteiger partial charge >= 0.3 is 0 Å². The molecule has 0 unspecified atom stereocenters. The van der Waals surface area contributed by atoms with Crippen LogP contribution in [0.15, 0.2) is 36.4 Å². The second-order valence-corrected chi connectivity index (χ2v) is 6.13. The number of imidazole rings is 1. The molecule has 3 aromatic rings. The molecule has 5 nitrogen and oxygen atoms in total. The Hall–Kier alpha value is -2.37. The van der Waals surface area contributed by atoms with E-state index in [0.717, 1.165) is 0 Å². The first-order valence-corrected chi connectivity index (χ1v) is 7.92. The maximum absolute atomic E-state index is 6.34. The molecule has 2 aromatic carbocycles. The molecule has 0 atom stereocenters. The summed E-state index contributed by atoms with van der Waals surface area (Å²) in [5.74, 6) is 1.72. The van der Waals surface area contributed by atoms with Crippen LogP contribution >= 0.6 is 23.2 Å². The van der Waals surface area contributed by atoms with Gasteiger partial charge in [-0.15, -0.1) is 0 Å². The molecule has 1 aromatic heterocycles. The van der Waals surface area contributed by atoms with Gasteiger partial charge in [0.15, 0.2) is 0 Å². The number of nitrogens with two attached hydrogens (primary N) is 2. The predicted molar refractivity (Wildman–Crippen MR) is 99.1 cm³/mol. The zero-order valence-corrected chi connectivity index (χ0v) is 14.7. The lowest BCUT2D eigenvalue weighted by molar-refractivity contribution is 0.415. The molecule has 1 heterocycles. The Bertz CT molecular complexity index is 921. The number of nitrogen functional groups attached to an aromatic ring is 2. The number of benzene rings is 2. The number of aromatic nitrogens is 2. The van der Waals surface area contributed by atoms with Crippen LogP contribution < -0.4 is 16.2 Å². The quantitative estimate of drug-likeness (QED) is 0.679. The maximum Gasteiger partial charge on any atom is 0.148 e. The number of halogens is 2. The molecule has 4 N–H and O–H groups in total. The molecule has 0 saturated heterocycles. The van der Waals surface area contributed by atoms with Gasteiger partial charge in [0.1, 0.15) is 17.4 Å². The van der Waals surface area contributed by atoms with Crippen LogP contribution in [0.3, 0.4) is 0 Å². The fraction of sp³-hybridized carbons (Fsp3) is 0.118. The summed E-state index contributed by atoms with van der Waals surface area (Å²) >= 11 is 12.4. The monoisotopic (exact) mass is 362 g/mol. The van der Waals surface area contributed by atoms with E-state index >= 15 is 0 Å². The van der Waals surface area contributed by atoms with Crippen LogP contribution in [0.4, 0.5) is 11.5 Å². The van der Waals surface area contributed by atoms with Crippen molar-refractivity contribution in [2.75, 3.05) is 18.6 Å². The Morgan fingerprint density at radius 3 is 2.50 bits per heavy atom. The minimum absolute atomic E-state index is 0.484. The first kappa shape index (κ1) is 16.5. The first-order chi connectivity index (χ1) is 11.4. The van der Waals surface area contributed by atoms with E-state index in [-0.39, 0.29) is 0 Å². The number of hydrogen-bond donors (Lipinski definition) is 2. The topological polar surface area (TPSA) is 79.1 Å². The smallest absolute Gasteiger partial charge is 0.148 e.